The summed E-state index contributed by atoms with van der Waals surface area (Å²) < 4.78 is 42.3. The van der Waals surface area contributed by atoms with Gasteiger partial charge in [0.25, 0.3) is 0 Å². The summed E-state index contributed by atoms with van der Waals surface area (Å²) in [6.07, 6.45) is 2.44. The summed E-state index contributed by atoms with van der Waals surface area (Å²) in [5.41, 5.74) is 5.63. The van der Waals surface area contributed by atoms with Gasteiger partial charge in [0.1, 0.15) is 16.5 Å². The predicted molar refractivity (Wildman–Crippen MR) is 71.7 cm³/mol. The first kappa shape index (κ1) is 14.4. The lowest BCUT2D eigenvalue weighted by Gasteiger charge is -2.12. The first-order chi connectivity index (χ1) is 9.43. The van der Waals surface area contributed by atoms with Gasteiger partial charge in [-0.15, -0.1) is 0 Å². The standard InChI is InChI=1S/C13H13FN2O3S/c1-20(17,18)12-6-3-7-16-13(12)19-11-5-2-4-10(14)9(11)8-15/h2-7H,8,15H2,1H3. The minimum absolute atomic E-state index is 0.0627. The van der Waals surface area contributed by atoms with Crippen molar-refractivity contribution < 1.29 is 17.5 Å². The van der Waals surface area contributed by atoms with E-state index in [4.69, 9.17) is 10.5 Å². The van der Waals surface area contributed by atoms with E-state index in [0.717, 1.165) is 6.26 Å². The van der Waals surface area contributed by atoms with Crippen molar-refractivity contribution in [3.63, 3.8) is 0 Å². The monoisotopic (exact) mass is 296 g/mol. The number of sulfone groups is 1. The Hall–Kier alpha value is -1.99. The van der Waals surface area contributed by atoms with Crippen LogP contribution >= 0.6 is 0 Å². The van der Waals surface area contributed by atoms with E-state index in [-0.39, 0.29) is 28.6 Å². The molecule has 7 heteroatoms. The second-order valence-electron chi connectivity index (χ2n) is 4.10. The number of nitrogens with zero attached hydrogens (tertiary/aromatic N) is 1. The van der Waals surface area contributed by atoms with Crippen molar-refractivity contribution in [1.29, 1.82) is 0 Å². The maximum atomic E-state index is 13.6. The number of nitrogens with two attached hydrogens (primary N) is 1. The Morgan fingerprint density at radius 3 is 2.70 bits per heavy atom. The molecule has 1 aromatic heterocycles. The highest BCUT2D eigenvalue weighted by Gasteiger charge is 2.17. The number of pyridine rings is 1. The van der Waals surface area contributed by atoms with Crippen molar-refractivity contribution >= 4 is 9.84 Å². The van der Waals surface area contributed by atoms with E-state index in [2.05, 4.69) is 4.98 Å². The van der Waals surface area contributed by atoms with Crippen molar-refractivity contribution in [3.05, 3.63) is 47.9 Å². The Morgan fingerprint density at radius 1 is 1.30 bits per heavy atom. The SMILES string of the molecule is CS(=O)(=O)c1cccnc1Oc1cccc(F)c1CN. The Balaban J connectivity index is 2.49. The van der Waals surface area contributed by atoms with E-state index in [1.165, 1.54) is 36.5 Å². The second kappa shape index (κ2) is 5.56. The van der Waals surface area contributed by atoms with Crippen LogP contribution in [0.4, 0.5) is 4.39 Å². The molecule has 0 amide bonds. The van der Waals surface area contributed by atoms with Crippen molar-refractivity contribution in [2.24, 2.45) is 5.73 Å². The maximum Gasteiger partial charge on any atom is 0.238 e. The van der Waals surface area contributed by atoms with E-state index >= 15 is 0 Å². The smallest absolute Gasteiger partial charge is 0.238 e. The van der Waals surface area contributed by atoms with Gasteiger partial charge in [0, 0.05) is 24.6 Å². The molecule has 0 aliphatic rings. The van der Waals surface area contributed by atoms with Crippen LogP contribution in [0.3, 0.4) is 0 Å². The molecule has 5 nitrogen and oxygen atoms in total. The largest absolute Gasteiger partial charge is 0.437 e. The molecule has 2 rings (SSSR count). The summed E-state index contributed by atoms with van der Waals surface area (Å²) in [5, 5.41) is 0. The zero-order valence-corrected chi connectivity index (χ0v) is 11.5. The van der Waals surface area contributed by atoms with Gasteiger partial charge in [-0.1, -0.05) is 6.07 Å². The summed E-state index contributed by atoms with van der Waals surface area (Å²) in [4.78, 5) is 3.82. The Kier molecular flexibility index (Phi) is 4.01. The van der Waals surface area contributed by atoms with Gasteiger partial charge < -0.3 is 10.5 Å². The van der Waals surface area contributed by atoms with Crippen molar-refractivity contribution in [3.8, 4) is 11.6 Å². The molecule has 0 radical (unpaired) electrons. The van der Waals surface area contributed by atoms with E-state index in [1.807, 2.05) is 0 Å². The van der Waals surface area contributed by atoms with Crippen LogP contribution in [0.1, 0.15) is 5.56 Å². The summed E-state index contributed by atoms with van der Waals surface area (Å²) in [5.74, 6) is -0.465. The Morgan fingerprint density at radius 2 is 2.05 bits per heavy atom. The highest BCUT2D eigenvalue weighted by Crippen LogP contribution is 2.29. The van der Waals surface area contributed by atoms with Crippen LogP contribution in [0.2, 0.25) is 0 Å². The van der Waals surface area contributed by atoms with Crippen LogP contribution < -0.4 is 10.5 Å². The van der Waals surface area contributed by atoms with Gasteiger partial charge in [0.15, 0.2) is 9.84 Å². The molecular weight excluding hydrogens is 283 g/mol. The fourth-order valence-corrected chi connectivity index (χ4v) is 2.41. The van der Waals surface area contributed by atoms with Gasteiger partial charge in [-0.3, -0.25) is 0 Å². The van der Waals surface area contributed by atoms with Crippen LogP contribution in [0.25, 0.3) is 0 Å². The summed E-state index contributed by atoms with van der Waals surface area (Å²) in [7, 11) is -3.50. The highest BCUT2D eigenvalue weighted by molar-refractivity contribution is 7.90. The molecule has 0 spiro atoms. The molecule has 106 valence electrons. The zero-order chi connectivity index (χ0) is 14.8. The third-order valence-electron chi connectivity index (χ3n) is 2.62. The number of ether oxygens (including phenoxy) is 1. The molecule has 2 aromatic rings. The van der Waals surface area contributed by atoms with Gasteiger partial charge in [0.2, 0.25) is 5.88 Å². The minimum Gasteiger partial charge on any atom is -0.437 e. The fraction of sp³-hybridized carbons (Fsp3) is 0.154. The molecule has 2 N–H and O–H groups in total. The number of aromatic nitrogens is 1. The Labute approximate surface area is 116 Å². The number of benzene rings is 1. The van der Waals surface area contributed by atoms with Gasteiger partial charge in [0.05, 0.1) is 0 Å². The third-order valence-corrected chi connectivity index (χ3v) is 3.73. The molecule has 0 atom stereocenters. The molecule has 0 bridgehead atoms. The van der Waals surface area contributed by atoms with Crippen LogP contribution in [0.15, 0.2) is 41.4 Å². The molecule has 0 aliphatic carbocycles. The van der Waals surface area contributed by atoms with Crippen LogP contribution in [-0.4, -0.2) is 19.7 Å². The van der Waals surface area contributed by atoms with Crippen LogP contribution in [-0.2, 0) is 16.4 Å². The van der Waals surface area contributed by atoms with Crippen molar-refractivity contribution in [2.45, 2.75) is 11.4 Å². The minimum atomic E-state index is -3.50. The van der Waals surface area contributed by atoms with E-state index in [1.54, 1.807) is 0 Å². The molecule has 0 unspecified atom stereocenters. The van der Waals surface area contributed by atoms with Gasteiger partial charge >= 0.3 is 0 Å². The van der Waals surface area contributed by atoms with Crippen molar-refractivity contribution in [1.82, 2.24) is 4.98 Å². The normalized spacial score (nSPS) is 11.3. The molecule has 1 aromatic carbocycles. The van der Waals surface area contributed by atoms with E-state index < -0.39 is 15.7 Å². The lowest BCUT2D eigenvalue weighted by atomic mass is 10.2. The maximum absolute atomic E-state index is 13.6. The second-order valence-corrected chi connectivity index (χ2v) is 6.09. The summed E-state index contributed by atoms with van der Waals surface area (Å²) in [6, 6.07) is 7.07. The quantitative estimate of drug-likeness (QED) is 0.931. The number of halogens is 1. The molecule has 0 saturated heterocycles. The predicted octanol–water partition coefficient (Wildman–Crippen LogP) is 1.88. The van der Waals surface area contributed by atoms with Gasteiger partial charge in [-0.25, -0.2) is 17.8 Å². The zero-order valence-electron chi connectivity index (χ0n) is 10.7. The molecular formula is C13H13FN2O3S. The Bertz CT molecular complexity index is 732. The number of hydrogen-bond acceptors (Lipinski definition) is 5. The molecule has 0 saturated carbocycles. The topological polar surface area (TPSA) is 82.3 Å². The third kappa shape index (κ3) is 2.94. The van der Waals surface area contributed by atoms with Crippen molar-refractivity contribution in [2.75, 3.05) is 6.26 Å². The molecule has 0 aliphatic heterocycles. The van der Waals surface area contributed by atoms with E-state index in [9.17, 15) is 12.8 Å². The average Bonchev–Trinajstić information content (AvgIpc) is 2.38. The first-order valence-electron chi connectivity index (χ1n) is 5.74. The lowest BCUT2D eigenvalue weighted by molar-refractivity contribution is 0.436. The van der Waals surface area contributed by atoms with Gasteiger partial charge in [-0.2, -0.15) is 0 Å². The average molecular weight is 296 g/mol. The molecule has 1 heterocycles. The highest BCUT2D eigenvalue weighted by atomic mass is 32.2. The molecule has 20 heavy (non-hydrogen) atoms. The van der Waals surface area contributed by atoms with Crippen LogP contribution in [0.5, 0.6) is 11.6 Å². The first-order valence-corrected chi connectivity index (χ1v) is 7.63. The number of rotatable bonds is 4. The number of hydrogen-bond donors (Lipinski definition) is 1. The van der Waals surface area contributed by atoms with E-state index in [0.29, 0.717) is 0 Å². The fourth-order valence-electron chi connectivity index (χ4n) is 1.67. The summed E-state index contributed by atoms with van der Waals surface area (Å²) >= 11 is 0. The lowest BCUT2D eigenvalue weighted by Crippen LogP contribution is -2.05. The molecule has 0 fully saturated rings. The summed E-state index contributed by atoms with van der Waals surface area (Å²) in [6.45, 7) is -0.0664. The van der Waals surface area contributed by atoms with Crippen LogP contribution in [0, 0.1) is 5.82 Å². The van der Waals surface area contributed by atoms with Gasteiger partial charge in [-0.05, 0) is 24.3 Å².